The van der Waals surface area contributed by atoms with Gasteiger partial charge in [0.15, 0.2) is 0 Å². The van der Waals surface area contributed by atoms with Crippen LogP contribution in [-0.4, -0.2) is 80.3 Å². The number of carbonyl (C=O) groups excluding carboxylic acids is 3. The van der Waals surface area contributed by atoms with E-state index in [1.165, 1.54) is 12.1 Å². The van der Waals surface area contributed by atoms with E-state index in [1.54, 1.807) is 57.8 Å². The number of hydrogen-bond donors (Lipinski definition) is 4. The Kier molecular flexibility index (Phi) is 27.3. The molecule has 2 aromatic carbocycles. The fraction of sp³-hybridized carbons (Fsp3) is 0.304. The Morgan fingerprint density at radius 1 is 0.833 bits per heavy atom. The van der Waals surface area contributed by atoms with Crippen LogP contribution in [0, 0.1) is 22.7 Å². The number of nitriles is 2. The van der Waals surface area contributed by atoms with E-state index < -0.39 is 46.6 Å². The number of pyridine rings is 2. The summed E-state index contributed by atoms with van der Waals surface area (Å²) in [5.74, 6) is -1.35. The first kappa shape index (κ1) is 63.5. The second-order valence-electron chi connectivity index (χ2n) is 14.9. The summed E-state index contributed by atoms with van der Waals surface area (Å²) in [6.45, 7) is 11.9. The first-order valence-corrected chi connectivity index (χ1v) is 22.2. The average molecular weight is 1080 g/mol. The van der Waals surface area contributed by atoms with Gasteiger partial charge < -0.3 is 29.2 Å². The Bertz CT molecular complexity index is 2920. The van der Waals surface area contributed by atoms with E-state index in [1.807, 2.05) is 50.1 Å². The molecule has 72 heavy (non-hydrogen) atoms. The number of alkyl carbamates (subject to hydrolysis) is 1. The minimum absolute atomic E-state index is 0. The van der Waals surface area contributed by atoms with E-state index in [0.717, 1.165) is 40.8 Å². The molecule has 0 aliphatic carbocycles. The van der Waals surface area contributed by atoms with Crippen molar-refractivity contribution in [2.24, 2.45) is 5.10 Å². The normalized spacial score (nSPS) is 10.3. The molecule has 0 bridgehead atoms. The van der Waals surface area contributed by atoms with Crippen LogP contribution in [0.2, 0.25) is 20.1 Å². The van der Waals surface area contributed by atoms with Crippen molar-refractivity contribution in [3.63, 3.8) is 0 Å². The van der Waals surface area contributed by atoms with Crippen molar-refractivity contribution in [1.29, 1.82) is 10.5 Å². The number of rotatable bonds is 13. The number of hydrogen-bond acceptors (Lipinski definition) is 17. The predicted octanol–water partition coefficient (Wildman–Crippen LogP) is 3.74. The number of aromatic amines is 1. The molecule has 3 aromatic heterocycles. The van der Waals surface area contributed by atoms with Crippen molar-refractivity contribution < 1.29 is 73.2 Å². The van der Waals surface area contributed by atoms with Crippen LogP contribution >= 0.6 is 46.4 Å². The zero-order valence-electron chi connectivity index (χ0n) is 40.6. The van der Waals surface area contributed by atoms with Gasteiger partial charge in [-0.1, -0.05) is 74.1 Å². The fourth-order valence-electron chi connectivity index (χ4n) is 5.73. The summed E-state index contributed by atoms with van der Waals surface area (Å²) in [6, 6.07) is 13.3. The van der Waals surface area contributed by atoms with Gasteiger partial charge in [-0.2, -0.15) is 20.3 Å². The number of benzene rings is 2. The van der Waals surface area contributed by atoms with Crippen LogP contribution in [0.3, 0.4) is 0 Å². The maximum atomic E-state index is 12.1. The van der Waals surface area contributed by atoms with Gasteiger partial charge in [0.2, 0.25) is 23.2 Å². The summed E-state index contributed by atoms with van der Waals surface area (Å²) in [6.07, 6.45) is 3.26. The molecule has 0 aliphatic rings. The topological polar surface area (TPSA) is 317 Å². The summed E-state index contributed by atoms with van der Waals surface area (Å²) < 4.78 is 16.1. The standard InChI is InChI=1S/C22H23Cl2N5O4.C20H17Cl2N5O3.2C2H4O2.Na/c1-5-33-22(31)27-20(30)19(10-25)29-28-14-8-17(23)16(18(24)9-14)7-13-6-15(12(2)3)21(32-4)26-11-13;1-10(2)13-4-11(9-24-19(13)30-3)5-14-15(21)6-12(7-16(14)22)27-20(29)25-18(28)17(8-23)26-27;2*1-2(3)4;/h6,8-9,11-12,28H,5,7H2,1-4H3,(H,27,30,31);4,6-7,9-10H,5H2,1-3H3,(H,25,28,29);2*1H3,(H,3,4);/q;;;;+1/p-1/b29-19-;;;;. The Balaban J connectivity index is 0.000000620. The molecule has 0 spiro atoms. The first-order valence-electron chi connectivity index (χ1n) is 20.7. The van der Waals surface area contributed by atoms with Gasteiger partial charge in [0.05, 0.1) is 32.2 Å². The number of H-pyrrole nitrogens is 1. The Morgan fingerprint density at radius 3 is 1.64 bits per heavy atom. The van der Waals surface area contributed by atoms with Crippen LogP contribution in [0.25, 0.3) is 5.69 Å². The summed E-state index contributed by atoms with van der Waals surface area (Å²) in [5.41, 5.74) is 5.48. The number of ether oxygens (including phenoxy) is 3. The largest absolute Gasteiger partial charge is 1.00 e. The van der Waals surface area contributed by atoms with Gasteiger partial charge in [0.1, 0.15) is 12.1 Å². The van der Waals surface area contributed by atoms with Gasteiger partial charge in [-0.15, -0.1) is 5.10 Å². The maximum Gasteiger partial charge on any atom is 1.00 e. The number of methoxy groups -OCH3 is 2. The molecule has 4 N–H and O–H groups in total. The second-order valence-corrected chi connectivity index (χ2v) is 16.5. The van der Waals surface area contributed by atoms with Crippen molar-refractivity contribution in [3.05, 3.63) is 129 Å². The number of carboxylic acid groups (broad SMARTS) is 2. The molecule has 0 unspecified atom stereocenters. The average Bonchev–Trinajstić information content (AvgIpc) is 3.28. The smallest absolute Gasteiger partial charge is 0.550 e. The van der Waals surface area contributed by atoms with Gasteiger partial charge in [-0.05, 0) is 84.3 Å². The molecule has 2 amide bonds. The first-order chi connectivity index (χ1) is 33.4. The van der Waals surface area contributed by atoms with E-state index in [-0.39, 0.29) is 53.7 Å². The van der Waals surface area contributed by atoms with Crippen LogP contribution in [-0.2, 0) is 32.0 Å². The Hall–Kier alpha value is -6.56. The van der Waals surface area contributed by atoms with Crippen molar-refractivity contribution in [2.45, 2.75) is 73.1 Å². The summed E-state index contributed by atoms with van der Waals surface area (Å²) in [5, 5.41) is 45.1. The van der Waals surface area contributed by atoms with Gasteiger partial charge >= 0.3 is 41.3 Å². The number of imide groups is 1. The second kappa shape index (κ2) is 31.0. The molecule has 5 aromatic rings. The molecular formula is C46H47Cl4N10NaO11. The Morgan fingerprint density at radius 2 is 1.26 bits per heavy atom. The van der Waals surface area contributed by atoms with Crippen molar-refractivity contribution in [3.8, 4) is 29.6 Å². The minimum atomic E-state index is -1.08. The number of carbonyl (C=O) groups is 4. The van der Waals surface area contributed by atoms with Crippen LogP contribution < -0.4 is 66.1 Å². The summed E-state index contributed by atoms with van der Waals surface area (Å²) in [4.78, 5) is 75.5. The molecule has 376 valence electrons. The van der Waals surface area contributed by atoms with E-state index in [0.29, 0.717) is 61.5 Å². The summed E-state index contributed by atoms with van der Waals surface area (Å²) in [7, 11) is 3.15. The fourth-order valence-corrected chi connectivity index (χ4v) is 6.96. The molecule has 26 heteroatoms. The van der Waals surface area contributed by atoms with Crippen molar-refractivity contribution in [1.82, 2.24) is 30.0 Å². The molecule has 0 aliphatic heterocycles. The minimum Gasteiger partial charge on any atom is -0.550 e. The zero-order chi connectivity index (χ0) is 53.7. The molecule has 5 rings (SSSR count). The number of amides is 2. The molecule has 3 heterocycles. The Labute approximate surface area is 455 Å². The number of aromatic nitrogens is 5. The van der Waals surface area contributed by atoms with Crippen LogP contribution in [0.15, 0.2) is 63.5 Å². The number of nitrogens with zero attached hydrogens (tertiary/aromatic N) is 7. The number of halogens is 4. The monoisotopic (exact) mass is 1080 g/mol. The van der Waals surface area contributed by atoms with Crippen molar-refractivity contribution >= 4 is 81.7 Å². The van der Waals surface area contributed by atoms with Crippen LogP contribution in [0.5, 0.6) is 11.8 Å². The van der Waals surface area contributed by atoms with E-state index >= 15 is 0 Å². The number of nitrogens with one attached hydrogen (secondary N) is 3. The van der Waals surface area contributed by atoms with Gasteiger partial charge in [-0.3, -0.25) is 30.1 Å². The summed E-state index contributed by atoms with van der Waals surface area (Å²) >= 11 is 25.8. The molecule has 0 saturated heterocycles. The predicted molar refractivity (Wildman–Crippen MR) is 263 cm³/mol. The molecule has 0 saturated carbocycles. The van der Waals surface area contributed by atoms with Crippen LogP contribution in [0.1, 0.15) is 99.4 Å². The zero-order valence-corrected chi connectivity index (χ0v) is 45.6. The van der Waals surface area contributed by atoms with E-state index in [9.17, 15) is 19.2 Å². The molecule has 0 radical (unpaired) electrons. The maximum absolute atomic E-state index is 12.1. The molecular weight excluding hydrogens is 1030 g/mol. The number of carboxylic acids is 2. The van der Waals surface area contributed by atoms with Gasteiger partial charge in [0, 0.05) is 69.3 Å². The quantitative estimate of drug-likeness (QED) is 0.0741. The van der Waals surface area contributed by atoms with Crippen LogP contribution in [0.4, 0.5) is 10.5 Å². The van der Waals surface area contributed by atoms with E-state index in [4.69, 9.17) is 86.2 Å². The van der Waals surface area contributed by atoms with Crippen molar-refractivity contribution in [2.75, 3.05) is 26.3 Å². The molecule has 0 atom stereocenters. The number of anilines is 1. The third-order valence-corrected chi connectivity index (χ3v) is 10.2. The van der Waals surface area contributed by atoms with E-state index in [2.05, 4.69) is 30.3 Å². The van der Waals surface area contributed by atoms with Gasteiger partial charge in [-0.25, -0.2) is 19.6 Å². The van der Waals surface area contributed by atoms with Gasteiger partial charge in [0.25, 0.3) is 17.4 Å². The number of aliphatic carboxylic acids is 2. The molecule has 21 nitrogen and oxygen atoms in total. The third-order valence-electron chi connectivity index (χ3n) is 8.82. The third kappa shape index (κ3) is 19.9. The SMILES string of the molecule is CC(=O)O.CC(=O)[O-].CCOC(=O)NC(=O)/C(C#N)=N\Nc1cc(Cl)c(Cc2cnc(OC)c(C(C)C)c2)c(Cl)c1.COc1ncc(Cc2c(Cl)cc(-n3nc(C#N)c(=O)[nH]c3=O)cc2Cl)cc1C(C)C.[Na+]. The number of hydrazone groups is 1. The molecule has 0 fully saturated rings.